The molecule has 0 radical (unpaired) electrons. The normalized spacial score (nSPS) is 24.1. The number of fused-ring (bicyclic) bond motifs is 1. The first-order valence-corrected chi connectivity index (χ1v) is 12.5. The van der Waals surface area contributed by atoms with Crippen LogP contribution in [0, 0.1) is 5.92 Å². The van der Waals surface area contributed by atoms with Crippen molar-refractivity contribution in [3.63, 3.8) is 0 Å². The molecule has 10 heteroatoms. The van der Waals surface area contributed by atoms with E-state index < -0.39 is 10.0 Å². The molecule has 2 aliphatic heterocycles. The van der Waals surface area contributed by atoms with Gasteiger partial charge in [-0.3, -0.25) is 4.90 Å². The van der Waals surface area contributed by atoms with Gasteiger partial charge in [0.1, 0.15) is 12.1 Å². The van der Waals surface area contributed by atoms with Crippen molar-refractivity contribution in [1.29, 1.82) is 0 Å². The molecule has 0 aliphatic carbocycles. The van der Waals surface area contributed by atoms with Gasteiger partial charge in [0.05, 0.1) is 11.8 Å². The van der Waals surface area contributed by atoms with Crippen LogP contribution in [-0.4, -0.2) is 63.3 Å². The molecule has 0 saturated carbocycles. The molecule has 2 aromatic rings. The molecule has 8 nitrogen and oxygen atoms in total. The van der Waals surface area contributed by atoms with E-state index >= 15 is 0 Å². The minimum absolute atomic E-state index is 0.355. The zero-order valence-corrected chi connectivity index (χ0v) is 18.8. The molecule has 0 unspecified atom stereocenters. The van der Waals surface area contributed by atoms with E-state index in [1.807, 2.05) is 23.7 Å². The van der Waals surface area contributed by atoms with Gasteiger partial charge in [-0.25, -0.2) is 12.7 Å². The molecule has 0 amide bonds. The molecule has 4 heterocycles. The zero-order valence-electron chi connectivity index (χ0n) is 17.2. The minimum atomic E-state index is -3.17. The van der Waals surface area contributed by atoms with Crippen LogP contribution in [0.3, 0.4) is 0 Å². The van der Waals surface area contributed by atoms with Crippen LogP contribution in [0.4, 0.5) is 0 Å². The van der Waals surface area contributed by atoms with Crippen LogP contribution in [-0.2, 0) is 23.6 Å². The van der Waals surface area contributed by atoms with Gasteiger partial charge in [-0.2, -0.15) is 0 Å². The van der Waals surface area contributed by atoms with Crippen molar-refractivity contribution in [2.24, 2.45) is 13.0 Å². The Balaban J connectivity index is 1.40. The van der Waals surface area contributed by atoms with E-state index in [-0.39, 0.29) is 5.25 Å². The number of furan rings is 1. The molecule has 160 valence electrons. The Labute approximate surface area is 176 Å². The Kier molecular flexibility index (Phi) is 6.06. The Morgan fingerprint density at radius 1 is 1.28 bits per heavy atom. The molecule has 2 fully saturated rings. The number of piperidine rings is 2. The first kappa shape index (κ1) is 20.9. The minimum Gasteiger partial charge on any atom is -0.453 e. The lowest BCUT2D eigenvalue weighted by Crippen LogP contribution is -2.55. The van der Waals surface area contributed by atoms with Crippen LogP contribution in [0.25, 0.3) is 0 Å². The van der Waals surface area contributed by atoms with Gasteiger partial charge in [0, 0.05) is 26.2 Å². The molecule has 2 aliphatic rings. The molecule has 0 spiro atoms. The fourth-order valence-corrected chi connectivity index (χ4v) is 6.45. The van der Waals surface area contributed by atoms with Gasteiger partial charge < -0.3 is 8.98 Å². The monoisotopic (exact) mass is 439 g/mol. The number of likely N-dealkylation sites (tertiary alicyclic amines) is 1. The molecule has 29 heavy (non-hydrogen) atoms. The molecule has 0 bridgehead atoms. The summed E-state index contributed by atoms with van der Waals surface area (Å²) in [5.41, 5.74) is 0. The van der Waals surface area contributed by atoms with E-state index in [0.717, 1.165) is 48.4 Å². The molecule has 2 atom stereocenters. The highest BCUT2D eigenvalue weighted by Gasteiger charge is 2.40. The highest BCUT2D eigenvalue weighted by molar-refractivity contribution is 7.99. The second-order valence-corrected chi connectivity index (χ2v) is 11.7. The van der Waals surface area contributed by atoms with Crippen molar-refractivity contribution in [3.8, 4) is 0 Å². The van der Waals surface area contributed by atoms with Gasteiger partial charge in [-0.05, 0) is 69.5 Å². The van der Waals surface area contributed by atoms with E-state index in [1.54, 1.807) is 24.5 Å². The number of hydrogen-bond acceptors (Lipinski definition) is 7. The van der Waals surface area contributed by atoms with Gasteiger partial charge in [0.2, 0.25) is 10.0 Å². The van der Waals surface area contributed by atoms with Crippen LogP contribution in [0.5, 0.6) is 0 Å². The molecule has 2 saturated heterocycles. The number of aryl methyl sites for hydroxylation is 1. The Bertz CT molecular complexity index is 939. The second-order valence-electron chi connectivity index (χ2n) is 8.23. The van der Waals surface area contributed by atoms with E-state index in [0.29, 0.717) is 25.0 Å². The molecular formula is C19H29N5O3S2. The SMILES string of the molecule is CC(C)S(=O)(=O)N1CC[C@@H]2[C@H](CCCN2Cc2ccc(Sc3nncn3C)o2)C1. The standard InChI is InChI=1S/C19H29N5O3S2/c1-14(2)29(25,26)24-10-8-17-15(11-24)5-4-9-23(17)12-16-6-7-18(27-16)28-19-21-20-13-22(19)3/h6-7,13-15,17H,4-5,8-12H2,1-3H3/t15-,17-/m1/s1. The lowest BCUT2D eigenvalue weighted by atomic mass is 9.84. The Morgan fingerprint density at radius 2 is 2.10 bits per heavy atom. The van der Waals surface area contributed by atoms with E-state index in [1.165, 1.54) is 11.8 Å². The zero-order chi connectivity index (χ0) is 20.6. The molecule has 0 aromatic carbocycles. The van der Waals surface area contributed by atoms with E-state index in [9.17, 15) is 8.42 Å². The van der Waals surface area contributed by atoms with Crippen molar-refractivity contribution < 1.29 is 12.8 Å². The lowest BCUT2D eigenvalue weighted by molar-refractivity contribution is 0.0361. The van der Waals surface area contributed by atoms with Gasteiger partial charge in [0.25, 0.3) is 0 Å². The van der Waals surface area contributed by atoms with E-state index in [4.69, 9.17) is 4.42 Å². The fourth-order valence-electron chi connectivity index (χ4n) is 4.35. The summed E-state index contributed by atoms with van der Waals surface area (Å²) >= 11 is 1.46. The number of sulfonamides is 1. The van der Waals surface area contributed by atoms with Crippen molar-refractivity contribution in [2.45, 2.75) is 61.2 Å². The van der Waals surface area contributed by atoms with Gasteiger partial charge >= 0.3 is 0 Å². The van der Waals surface area contributed by atoms with Crippen molar-refractivity contribution in [3.05, 3.63) is 24.2 Å². The van der Waals surface area contributed by atoms with Crippen LogP contribution >= 0.6 is 11.8 Å². The topological polar surface area (TPSA) is 84.5 Å². The fraction of sp³-hybridized carbons (Fsp3) is 0.684. The highest BCUT2D eigenvalue weighted by Crippen LogP contribution is 2.34. The second kappa shape index (κ2) is 8.41. The third-order valence-corrected chi connectivity index (χ3v) is 9.17. The third-order valence-electron chi connectivity index (χ3n) is 5.96. The van der Waals surface area contributed by atoms with Crippen LogP contribution in [0.15, 0.2) is 33.1 Å². The van der Waals surface area contributed by atoms with Crippen molar-refractivity contribution >= 4 is 21.8 Å². The van der Waals surface area contributed by atoms with Gasteiger partial charge in [-0.1, -0.05) is 0 Å². The predicted octanol–water partition coefficient (Wildman–Crippen LogP) is 2.58. The average molecular weight is 440 g/mol. The first-order valence-electron chi connectivity index (χ1n) is 10.2. The molecule has 0 N–H and O–H groups in total. The van der Waals surface area contributed by atoms with Crippen LogP contribution in [0.2, 0.25) is 0 Å². The quantitative estimate of drug-likeness (QED) is 0.684. The summed E-state index contributed by atoms with van der Waals surface area (Å²) in [4.78, 5) is 2.48. The predicted molar refractivity (Wildman–Crippen MR) is 111 cm³/mol. The number of hydrogen-bond donors (Lipinski definition) is 0. The van der Waals surface area contributed by atoms with E-state index in [2.05, 4.69) is 15.1 Å². The molecular weight excluding hydrogens is 410 g/mol. The summed E-state index contributed by atoms with van der Waals surface area (Å²) in [6.45, 7) is 6.59. The van der Waals surface area contributed by atoms with Crippen molar-refractivity contribution in [2.75, 3.05) is 19.6 Å². The summed E-state index contributed by atoms with van der Waals surface area (Å²) in [7, 11) is -1.26. The van der Waals surface area contributed by atoms with Crippen LogP contribution in [0.1, 0.15) is 38.9 Å². The maximum absolute atomic E-state index is 12.6. The Hall–Kier alpha value is -1.36. The summed E-state index contributed by atoms with van der Waals surface area (Å²) < 4.78 is 34.8. The summed E-state index contributed by atoms with van der Waals surface area (Å²) in [6.07, 6.45) is 4.75. The molecule has 2 aromatic heterocycles. The lowest BCUT2D eigenvalue weighted by Gasteiger charge is -2.46. The smallest absolute Gasteiger partial charge is 0.216 e. The highest BCUT2D eigenvalue weighted by atomic mass is 32.2. The van der Waals surface area contributed by atoms with Gasteiger partial charge in [-0.15, -0.1) is 10.2 Å². The number of aromatic nitrogens is 3. The number of rotatable bonds is 6. The summed E-state index contributed by atoms with van der Waals surface area (Å²) in [5.74, 6) is 1.33. The van der Waals surface area contributed by atoms with Crippen molar-refractivity contribution in [1.82, 2.24) is 24.0 Å². The summed E-state index contributed by atoms with van der Waals surface area (Å²) in [5, 5.41) is 9.22. The Morgan fingerprint density at radius 3 is 2.83 bits per heavy atom. The van der Waals surface area contributed by atoms with Crippen LogP contribution < -0.4 is 0 Å². The first-order chi connectivity index (χ1) is 13.8. The maximum Gasteiger partial charge on any atom is 0.216 e. The average Bonchev–Trinajstić information content (AvgIpc) is 3.30. The third kappa shape index (κ3) is 4.40. The molecule has 4 rings (SSSR count). The maximum atomic E-state index is 12.6. The van der Waals surface area contributed by atoms with Gasteiger partial charge in [0.15, 0.2) is 10.2 Å². The largest absolute Gasteiger partial charge is 0.453 e. The summed E-state index contributed by atoms with van der Waals surface area (Å²) in [6, 6.07) is 4.43. The number of nitrogens with zero attached hydrogens (tertiary/aromatic N) is 5.